The molecule has 12 heavy (non-hydrogen) atoms. The van der Waals surface area contributed by atoms with Gasteiger partial charge in [-0.25, -0.2) is 0 Å². The molecule has 0 aromatic heterocycles. The Hall–Kier alpha value is 0.330. The fraction of sp³-hybridized carbons (Fsp3) is 0.125. The monoisotopic (exact) mass is 206 g/mol. The average molecular weight is 206 g/mol. The second-order valence-electron chi connectivity index (χ2n) is 2.02. The molecule has 0 N–H and O–H groups in total. The van der Waals surface area contributed by atoms with Crippen LogP contribution < -0.4 is 34.3 Å². The van der Waals surface area contributed by atoms with Gasteiger partial charge in [-0.2, -0.15) is 0 Å². The van der Waals surface area contributed by atoms with Gasteiger partial charge in [0.2, 0.25) is 0 Å². The molecule has 0 aliphatic carbocycles. The molecule has 1 aromatic rings. The van der Waals surface area contributed by atoms with Gasteiger partial charge in [-0.15, -0.1) is 4.20 Å². The minimum atomic E-state index is 0. The van der Waals surface area contributed by atoms with Gasteiger partial charge in [0.25, 0.3) is 0 Å². The first-order valence-electron chi connectivity index (χ1n) is 3.09. The summed E-state index contributed by atoms with van der Waals surface area (Å²) in [6, 6.07) is 7.39. The number of benzene rings is 1. The van der Waals surface area contributed by atoms with Gasteiger partial charge in [0, 0.05) is 0 Å². The standard InChI is InChI=1S/C8H8OS2.Na/c1-9-7-4-2-6(3-5-7)8(10)11;/h2-5H,1H3,(H,10,11);/q;+1/p-1. The van der Waals surface area contributed by atoms with E-state index >= 15 is 0 Å². The van der Waals surface area contributed by atoms with Crippen molar-refractivity contribution in [2.75, 3.05) is 7.11 Å². The zero-order valence-corrected chi connectivity index (χ0v) is 10.7. The molecule has 0 aliphatic heterocycles. The molecule has 0 radical (unpaired) electrons. The van der Waals surface area contributed by atoms with Crippen molar-refractivity contribution < 1.29 is 34.3 Å². The maximum atomic E-state index is 4.97. The molecule has 0 fully saturated rings. The quantitative estimate of drug-likeness (QED) is 0.346. The summed E-state index contributed by atoms with van der Waals surface area (Å²) in [6.07, 6.45) is 0. The van der Waals surface area contributed by atoms with Gasteiger partial charge in [-0.05, 0) is 17.7 Å². The van der Waals surface area contributed by atoms with Crippen LogP contribution in [-0.4, -0.2) is 11.3 Å². The summed E-state index contributed by atoms with van der Waals surface area (Å²) >= 11 is 9.63. The van der Waals surface area contributed by atoms with Gasteiger partial charge < -0.3 is 29.6 Å². The molecule has 0 amide bonds. The molecule has 58 valence electrons. The minimum absolute atomic E-state index is 0. The topological polar surface area (TPSA) is 9.23 Å². The molecular formula is C8H7NaOS2. The number of thiocarbonyl (C=S) groups is 1. The van der Waals surface area contributed by atoms with Gasteiger partial charge >= 0.3 is 29.6 Å². The summed E-state index contributed by atoms with van der Waals surface area (Å²) in [4.78, 5) is 0. The second kappa shape index (κ2) is 5.89. The van der Waals surface area contributed by atoms with Gasteiger partial charge in [0.15, 0.2) is 0 Å². The van der Waals surface area contributed by atoms with Crippen molar-refractivity contribution in [1.29, 1.82) is 0 Å². The number of hydrogen-bond donors (Lipinski definition) is 0. The molecular weight excluding hydrogens is 199 g/mol. The Labute approximate surface area is 105 Å². The van der Waals surface area contributed by atoms with Crippen molar-refractivity contribution in [3.8, 4) is 5.75 Å². The Kier molecular flexibility index (Phi) is 6.05. The van der Waals surface area contributed by atoms with Crippen molar-refractivity contribution in [2.24, 2.45) is 0 Å². The van der Waals surface area contributed by atoms with Crippen molar-refractivity contribution in [3.63, 3.8) is 0 Å². The van der Waals surface area contributed by atoms with Crippen LogP contribution in [0.3, 0.4) is 0 Å². The van der Waals surface area contributed by atoms with E-state index in [2.05, 4.69) is 0 Å². The third kappa shape index (κ3) is 3.37. The van der Waals surface area contributed by atoms with Gasteiger partial charge in [0.1, 0.15) is 5.75 Å². The van der Waals surface area contributed by atoms with Crippen LogP contribution in [0.15, 0.2) is 24.3 Å². The number of hydrogen-bond acceptors (Lipinski definition) is 3. The average Bonchev–Trinajstić information content (AvgIpc) is 2.05. The zero-order valence-electron chi connectivity index (χ0n) is 7.03. The smallest absolute Gasteiger partial charge is 0.497 e. The molecule has 0 heterocycles. The molecule has 0 bridgehead atoms. The zero-order chi connectivity index (χ0) is 8.27. The van der Waals surface area contributed by atoms with Crippen molar-refractivity contribution in [2.45, 2.75) is 0 Å². The summed E-state index contributed by atoms with van der Waals surface area (Å²) in [5.41, 5.74) is 0.899. The molecule has 0 saturated carbocycles. The van der Waals surface area contributed by atoms with E-state index in [0.717, 1.165) is 11.3 Å². The Morgan fingerprint density at radius 2 is 1.83 bits per heavy atom. The molecule has 1 aromatic carbocycles. The van der Waals surface area contributed by atoms with Gasteiger partial charge in [-0.3, -0.25) is 0 Å². The van der Waals surface area contributed by atoms with E-state index in [0.29, 0.717) is 4.20 Å². The van der Waals surface area contributed by atoms with E-state index in [1.165, 1.54) is 0 Å². The van der Waals surface area contributed by atoms with Crippen molar-refractivity contribution in [3.05, 3.63) is 29.8 Å². The van der Waals surface area contributed by atoms with E-state index in [1.807, 2.05) is 24.3 Å². The first kappa shape index (κ1) is 12.3. The van der Waals surface area contributed by atoms with E-state index in [4.69, 9.17) is 29.6 Å². The van der Waals surface area contributed by atoms with E-state index in [1.54, 1.807) is 7.11 Å². The first-order chi connectivity index (χ1) is 5.24. The Balaban J connectivity index is 0.00000121. The number of rotatable bonds is 2. The van der Waals surface area contributed by atoms with Crippen LogP contribution in [0.5, 0.6) is 5.75 Å². The van der Waals surface area contributed by atoms with Crippen LogP contribution in [0.2, 0.25) is 0 Å². The summed E-state index contributed by atoms with van der Waals surface area (Å²) in [5.74, 6) is 0.819. The van der Waals surface area contributed by atoms with Crippen molar-refractivity contribution >= 4 is 29.0 Å². The van der Waals surface area contributed by atoms with Crippen LogP contribution in [0.25, 0.3) is 0 Å². The van der Waals surface area contributed by atoms with E-state index in [-0.39, 0.29) is 29.6 Å². The third-order valence-electron chi connectivity index (χ3n) is 1.33. The molecule has 1 nitrogen and oxygen atoms in total. The Morgan fingerprint density at radius 3 is 2.17 bits per heavy atom. The first-order valence-corrected chi connectivity index (χ1v) is 3.91. The Bertz CT molecular complexity index is 258. The molecule has 1 rings (SSSR count). The van der Waals surface area contributed by atoms with Gasteiger partial charge in [-0.1, -0.05) is 12.1 Å². The maximum Gasteiger partial charge on any atom is 1.00 e. The summed E-state index contributed by atoms with van der Waals surface area (Å²) in [7, 11) is 1.63. The fourth-order valence-corrected chi connectivity index (χ4v) is 0.999. The number of ether oxygens (including phenoxy) is 1. The molecule has 4 heteroatoms. The predicted octanol–water partition coefficient (Wildman–Crippen LogP) is -1.08. The molecule has 0 saturated heterocycles. The second-order valence-corrected chi connectivity index (χ2v) is 3.09. The summed E-state index contributed by atoms with van der Waals surface area (Å²) in [5, 5.41) is 0. The molecule has 0 aliphatic rings. The summed E-state index contributed by atoms with van der Waals surface area (Å²) in [6.45, 7) is 0. The van der Waals surface area contributed by atoms with Crippen LogP contribution in [0, 0.1) is 0 Å². The summed E-state index contributed by atoms with van der Waals surface area (Å²) < 4.78 is 5.46. The molecule has 0 spiro atoms. The molecule has 0 atom stereocenters. The SMILES string of the molecule is COc1ccc(C(=S)[S-])cc1.[Na+]. The minimum Gasteiger partial charge on any atom is -0.497 e. The van der Waals surface area contributed by atoms with Crippen LogP contribution in [-0.2, 0) is 12.6 Å². The number of methoxy groups -OCH3 is 1. The molecule has 0 unspecified atom stereocenters. The van der Waals surface area contributed by atoms with Gasteiger partial charge in [0.05, 0.1) is 7.11 Å². The van der Waals surface area contributed by atoms with Crippen LogP contribution in [0.1, 0.15) is 5.56 Å². The maximum absolute atomic E-state index is 4.97. The fourth-order valence-electron chi connectivity index (χ4n) is 0.727. The van der Waals surface area contributed by atoms with Crippen LogP contribution >= 0.6 is 12.2 Å². The van der Waals surface area contributed by atoms with E-state index in [9.17, 15) is 0 Å². The predicted molar refractivity (Wildman–Crippen MR) is 52.1 cm³/mol. The van der Waals surface area contributed by atoms with Crippen molar-refractivity contribution in [1.82, 2.24) is 0 Å². The third-order valence-corrected chi connectivity index (χ3v) is 1.80. The normalized spacial score (nSPS) is 8.42. The van der Waals surface area contributed by atoms with Crippen LogP contribution in [0.4, 0.5) is 0 Å². The van der Waals surface area contributed by atoms with E-state index < -0.39 is 0 Å². The Morgan fingerprint density at radius 1 is 1.33 bits per heavy atom. The largest absolute Gasteiger partial charge is 1.00 e.